The molecule has 0 heterocycles. The lowest BCUT2D eigenvalue weighted by Gasteiger charge is -2.22. The van der Waals surface area contributed by atoms with Crippen molar-refractivity contribution in [2.75, 3.05) is 0 Å². The average Bonchev–Trinajstić information content (AvgIpc) is 2.94. The fourth-order valence-electron chi connectivity index (χ4n) is 5.21. The van der Waals surface area contributed by atoms with E-state index < -0.39 is 0 Å². The number of Topliss-reactive ketones (excluding diaryl/α,β-unsaturated/α-hetero) is 1. The lowest BCUT2D eigenvalue weighted by Crippen LogP contribution is -2.18. The van der Waals surface area contributed by atoms with Crippen molar-refractivity contribution in [2.24, 2.45) is 11.8 Å². The number of allylic oxidation sites excluding steroid dienone is 8. The SMILES string of the molecule is CC(=O)c1ccccc1Pc1cc(CC2C=CC=CC2)cc(CC2C=CC=CC2)c1OCc1ccccc1. The number of benzene rings is 3. The number of ether oxygens (including phenoxy) is 1. The van der Waals surface area contributed by atoms with E-state index in [2.05, 4.69) is 91.1 Å². The number of hydrogen-bond acceptors (Lipinski definition) is 2. The second-order valence-corrected chi connectivity index (χ2v) is 11.5. The van der Waals surface area contributed by atoms with Gasteiger partial charge in [-0.25, -0.2) is 0 Å². The minimum Gasteiger partial charge on any atom is -0.488 e. The molecule has 0 amide bonds. The number of carbonyl (C=O) groups is 1. The summed E-state index contributed by atoms with van der Waals surface area (Å²) in [5.41, 5.74) is 4.56. The molecule has 2 aliphatic carbocycles. The van der Waals surface area contributed by atoms with E-state index >= 15 is 0 Å². The van der Waals surface area contributed by atoms with Gasteiger partial charge in [-0.3, -0.25) is 4.79 Å². The lowest BCUT2D eigenvalue weighted by molar-refractivity contribution is 0.101. The lowest BCUT2D eigenvalue weighted by atomic mass is 9.89. The van der Waals surface area contributed by atoms with Gasteiger partial charge in [-0.2, -0.15) is 0 Å². The predicted molar refractivity (Wildman–Crippen MR) is 161 cm³/mol. The van der Waals surface area contributed by atoms with Crippen molar-refractivity contribution in [1.82, 2.24) is 0 Å². The Labute approximate surface area is 228 Å². The zero-order chi connectivity index (χ0) is 26.2. The van der Waals surface area contributed by atoms with Gasteiger partial charge in [-0.05, 0) is 72.5 Å². The van der Waals surface area contributed by atoms with Crippen LogP contribution in [0, 0.1) is 11.8 Å². The van der Waals surface area contributed by atoms with Crippen molar-refractivity contribution in [3.8, 4) is 5.75 Å². The maximum atomic E-state index is 12.5. The Kier molecular flexibility index (Phi) is 8.84. The molecule has 0 saturated carbocycles. The molecule has 3 aromatic rings. The van der Waals surface area contributed by atoms with Gasteiger partial charge in [0, 0.05) is 10.9 Å². The average molecular weight is 519 g/mol. The smallest absolute Gasteiger partial charge is 0.160 e. The van der Waals surface area contributed by atoms with E-state index in [4.69, 9.17) is 4.74 Å². The maximum absolute atomic E-state index is 12.5. The van der Waals surface area contributed by atoms with Gasteiger partial charge in [-0.15, -0.1) is 0 Å². The molecule has 0 fully saturated rings. The van der Waals surface area contributed by atoms with Crippen molar-refractivity contribution < 1.29 is 9.53 Å². The summed E-state index contributed by atoms with van der Waals surface area (Å²) in [6, 6.07) is 23.1. The summed E-state index contributed by atoms with van der Waals surface area (Å²) >= 11 is 0. The normalized spacial score (nSPS) is 18.3. The highest BCUT2D eigenvalue weighted by Crippen LogP contribution is 2.32. The van der Waals surface area contributed by atoms with Gasteiger partial charge in [0.1, 0.15) is 12.4 Å². The van der Waals surface area contributed by atoms with Crippen LogP contribution in [0.5, 0.6) is 5.75 Å². The maximum Gasteiger partial charge on any atom is 0.160 e. The first-order valence-corrected chi connectivity index (χ1v) is 14.5. The van der Waals surface area contributed by atoms with E-state index in [9.17, 15) is 4.79 Å². The van der Waals surface area contributed by atoms with E-state index in [1.165, 1.54) is 16.4 Å². The van der Waals surface area contributed by atoms with Crippen LogP contribution in [-0.2, 0) is 19.4 Å². The van der Waals surface area contributed by atoms with Gasteiger partial charge in [-0.1, -0.05) is 118 Å². The molecule has 3 atom stereocenters. The number of ketones is 1. The monoisotopic (exact) mass is 518 g/mol. The number of carbonyl (C=O) groups excluding carboxylic acids is 1. The van der Waals surface area contributed by atoms with Gasteiger partial charge in [0.15, 0.2) is 5.78 Å². The summed E-state index contributed by atoms with van der Waals surface area (Å²) < 4.78 is 6.67. The van der Waals surface area contributed by atoms with Gasteiger partial charge in [0.25, 0.3) is 0 Å². The Morgan fingerprint density at radius 1 is 0.789 bits per heavy atom. The molecule has 0 aliphatic heterocycles. The summed E-state index contributed by atoms with van der Waals surface area (Å²) in [6.07, 6.45) is 21.8. The quantitative estimate of drug-likeness (QED) is 0.206. The van der Waals surface area contributed by atoms with Crippen molar-refractivity contribution in [1.29, 1.82) is 0 Å². The topological polar surface area (TPSA) is 26.3 Å². The van der Waals surface area contributed by atoms with E-state index in [1.54, 1.807) is 6.92 Å². The molecule has 3 unspecified atom stereocenters. The Balaban J connectivity index is 1.55. The molecule has 0 bridgehead atoms. The van der Waals surface area contributed by atoms with Crippen molar-refractivity contribution in [3.63, 3.8) is 0 Å². The fourth-order valence-corrected chi connectivity index (χ4v) is 6.68. The van der Waals surface area contributed by atoms with Crippen LogP contribution in [0.2, 0.25) is 0 Å². The van der Waals surface area contributed by atoms with Crippen LogP contribution >= 0.6 is 8.58 Å². The molecule has 2 aliphatic rings. The molecule has 192 valence electrons. The number of hydrogen-bond donors (Lipinski definition) is 0. The molecular weight excluding hydrogens is 483 g/mol. The van der Waals surface area contributed by atoms with Gasteiger partial charge < -0.3 is 4.74 Å². The second kappa shape index (κ2) is 12.9. The van der Waals surface area contributed by atoms with Gasteiger partial charge in [0.2, 0.25) is 0 Å². The molecular formula is C35H35O2P. The second-order valence-electron chi connectivity index (χ2n) is 10.2. The van der Waals surface area contributed by atoms with Crippen LogP contribution in [0.15, 0.2) is 115 Å². The Morgan fingerprint density at radius 2 is 1.47 bits per heavy atom. The molecule has 2 nitrogen and oxygen atoms in total. The number of rotatable bonds is 10. The van der Waals surface area contributed by atoms with Crippen LogP contribution in [-0.4, -0.2) is 5.78 Å². The van der Waals surface area contributed by atoms with Crippen LogP contribution in [0.1, 0.15) is 46.8 Å². The van der Waals surface area contributed by atoms with Crippen LogP contribution < -0.4 is 15.3 Å². The largest absolute Gasteiger partial charge is 0.488 e. The molecule has 3 heteroatoms. The third-order valence-electron chi connectivity index (χ3n) is 7.15. The summed E-state index contributed by atoms with van der Waals surface area (Å²) in [5.74, 6) is 2.04. The van der Waals surface area contributed by atoms with E-state index in [1.807, 2.05) is 24.3 Å². The molecule has 0 saturated heterocycles. The highest BCUT2D eigenvalue weighted by Gasteiger charge is 2.20. The van der Waals surface area contributed by atoms with E-state index in [0.29, 0.717) is 27.0 Å². The van der Waals surface area contributed by atoms with Crippen molar-refractivity contribution in [2.45, 2.75) is 39.2 Å². The predicted octanol–water partition coefficient (Wildman–Crippen LogP) is 7.45. The van der Waals surface area contributed by atoms with Crippen LogP contribution in [0.3, 0.4) is 0 Å². The first-order chi connectivity index (χ1) is 18.7. The third-order valence-corrected chi connectivity index (χ3v) is 8.49. The van der Waals surface area contributed by atoms with E-state index in [-0.39, 0.29) is 5.78 Å². The molecule has 0 radical (unpaired) electrons. The molecule has 0 N–H and O–H groups in total. The van der Waals surface area contributed by atoms with Crippen molar-refractivity contribution >= 4 is 25.0 Å². The highest BCUT2D eigenvalue weighted by atomic mass is 31.1. The fraction of sp³-hybridized carbons (Fsp3) is 0.229. The van der Waals surface area contributed by atoms with Gasteiger partial charge >= 0.3 is 0 Å². The Hall–Kier alpha value is -3.48. The molecule has 5 rings (SSSR count). The molecule has 0 spiro atoms. The minimum absolute atomic E-state index is 0.106. The molecule has 38 heavy (non-hydrogen) atoms. The summed E-state index contributed by atoms with van der Waals surface area (Å²) in [7, 11) is 0.342. The summed E-state index contributed by atoms with van der Waals surface area (Å²) in [5, 5.41) is 2.27. The van der Waals surface area contributed by atoms with Crippen LogP contribution in [0.4, 0.5) is 0 Å². The minimum atomic E-state index is 0.106. The first-order valence-electron chi connectivity index (χ1n) is 13.5. The van der Waals surface area contributed by atoms with Gasteiger partial charge in [0.05, 0.1) is 0 Å². The van der Waals surface area contributed by atoms with Crippen LogP contribution in [0.25, 0.3) is 0 Å². The summed E-state index contributed by atoms with van der Waals surface area (Å²) in [4.78, 5) is 12.5. The Bertz CT molecular complexity index is 1380. The Morgan fingerprint density at radius 3 is 2.16 bits per heavy atom. The zero-order valence-electron chi connectivity index (χ0n) is 22.0. The molecule has 3 aromatic carbocycles. The van der Waals surface area contributed by atoms with Crippen molar-refractivity contribution in [3.05, 3.63) is 138 Å². The van der Waals surface area contributed by atoms with E-state index in [0.717, 1.165) is 47.9 Å². The third kappa shape index (κ3) is 6.88. The summed E-state index contributed by atoms with van der Waals surface area (Å²) in [6.45, 7) is 2.18. The first kappa shape index (κ1) is 26.1. The zero-order valence-corrected chi connectivity index (χ0v) is 23.0. The highest BCUT2D eigenvalue weighted by molar-refractivity contribution is 7.56. The standard InChI is InChI=1S/C35H35O2P/c1-26(36)32-19-11-12-20-33(32)38-34-24-30(21-27-13-5-2-6-14-27)23-31(22-28-15-7-3-8-16-28)35(34)37-25-29-17-9-4-10-18-29/h2-13,15,17-20,23-24,27-28,38H,14,16,21-22,25H2,1H3. The molecule has 0 aromatic heterocycles.